The van der Waals surface area contributed by atoms with Crippen LogP contribution < -0.4 is 10.6 Å². The predicted molar refractivity (Wildman–Crippen MR) is 94.5 cm³/mol. The zero-order chi connectivity index (χ0) is 16.0. The lowest BCUT2D eigenvalue weighted by Gasteiger charge is -2.36. The highest BCUT2D eigenvalue weighted by molar-refractivity contribution is 5.85. The summed E-state index contributed by atoms with van der Waals surface area (Å²) in [5.74, 6) is 0. The normalized spacial score (nSPS) is 15.6. The van der Waals surface area contributed by atoms with Crippen LogP contribution in [0.2, 0.25) is 0 Å². The summed E-state index contributed by atoms with van der Waals surface area (Å²) in [4.78, 5) is 4.24. The number of hydrogen-bond donors (Lipinski definition) is 1. The molecule has 0 amide bonds. The summed E-state index contributed by atoms with van der Waals surface area (Å²) >= 11 is 0. The average molecular weight is 390 g/mol. The van der Waals surface area contributed by atoms with E-state index in [-0.39, 0.29) is 24.8 Å². The minimum Gasteiger partial charge on any atom is -0.379 e. The molecule has 0 bridgehead atoms. The van der Waals surface area contributed by atoms with Crippen molar-refractivity contribution in [3.63, 3.8) is 0 Å². The van der Waals surface area contributed by atoms with Crippen LogP contribution in [-0.2, 0) is 10.9 Å². The first-order valence-electron chi connectivity index (χ1n) is 7.43. The van der Waals surface area contributed by atoms with Crippen LogP contribution in [0.25, 0.3) is 0 Å². The molecule has 0 saturated carbocycles. The van der Waals surface area contributed by atoms with Crippen molar-refractivity contribution in [1.29, 1.82) is 0 Å². The van der Waals surface area contributed by atoms with E-state index in [0.29, 0.717) is 25.4 Å². The Hall–Kier alpha value is -0.730. The molecule has 1 heterocycles. The van der Waals surface area contributed by atoms with Crippen molar-refractivity contribution in [2.24, 2.45) is 5.73 Å². The maximum Gasteiger partial charge on any atom is 0.416 e. The molecule has 1 aromatic carbocycles. The Kier molecular flexibility index (Phi) is 10.7. The smallest absolute Gasteiger partial charge is 0.379 e. The van der Waals surface area contributed by atoms with Crippen molar-refractivity contribution in [3.05, 3.63) is 29.8 Å². The Labute approximate surface area is 152 Å². The van der Waals surface area contributed by atoms with Gasteiger partial charge in [0.1, 0.15) is 0 Å². The van der Waals surface area contributed by atoms with E-state index in [4.69, 9.17) is 10.5 Å². The molecule has 0 aromatic heterocycles. The number of alkyl halides is 3. The summed E-state index contributed by atoms with van der Waals surface area (Å²) in [5.41, 5.74) is 5.39. The first kappa shape index (κ1) is 23.3. The Balaban J connectivity index is 0.00000264. The van der Waals surface area contributed by atoms with E-state index in [1.54, 1.807) is 6.07 Å². The van der Waals surface area contributed by atoms with Crippen molar-refractivity contribution in [1.82, 2.24) is 4.90 Å². The molecule has 140 valence electrons. The topological polar surface area (TPSA) is 41.7 Å². The van der Waals surface area contributed by atoms with Gasteiger partial charge in [0.2, 0.25) is 0 Å². The van der Waals surface area contributed by atoms with Gasteiger partial charge in [0.15, 0.2) is 0 Å². The van der Waals surface area contributed by atoms with Crippen molar-refractivity contribution in [3.8, 4) is 0 Å². The molecule has 1 fully saturated rings. The van der Waals surface area contributed by atoms with E-state index >= 15 is 0 Å². The average Bonchev–Trinajstić information content (AvgIpc) is 2.51. The SMILES string of the molecule is Cl.Cl.NCCOCCN1CCN(c2cccc(C(F)(F)F)c2)CC1. The van der Waals surface area contributed by atoms with Gasteiger partial charge in [-0.2, -0.15) is 13.2 Å². The van der Waals surface area contributed by atoms with Gasteiger partial charge < -0.3 is 15.4 Å². The number of hydrogen-bond acceptors (Lipinski definition) is 4. The number of nitrogens with zero attached hydrogens (tertiary/aromatic N) is 2. The van der Waals surface area contributed by atoms with Gasteiger partial charge >= 0.3 is 6.18 Å². The molecule has 2 rings (SSSR count). The number of benzene rings is 1. The van der Waals surface area contributed by atoms with Gasteiger partial charge in [-0.05, 0) is 18.2 Å². The van der Waals surface area contributed by atoms with Crippen LogP contribution in [0, 0.1) is 0 Å². The van der Waals surface area contributed by atoms with E-state index < -0.39 is 11.7 Å². The van der Waals surface area contributed by atoms with Gasteiger partial charge in [0.25, 0.3) is 0 Å². The van der Waals surface area contributed by atoms with Gasteiger partial charge in [0.05, 0.1) is 18.8 Å². The maximum absolute atomic E-state index is 12.7. The van der Waals surface area contributed by atoms with E-state index in [2.05, 4.69) is 4.90 Å². The number of rotatable bonds is 6. The highest BCUT2D eigenvalue weighted by Crippen LogP contribution is 2.31. The zero-order valence-corrected chi connectivity index (χ0v) is 14.9. The molecule has 0 unspecified atom stereocenters. The molecule has 9 heteroatoms. The van der Waals surface area contributed by atoms with Gasteiger partial charge in [-0.1, -0.05) is 6.07 Å². The van der Waals surface area contributed by atoms with Crippen molar-refractivity contribution >= 4 is 30.5 Å². The first-order valence-corrected chi connectivity index (χ1v) is 7.43. The molecule has 1 aliphatic heterocycles. The molecule has 0 spiro atoms. The summed E-state index contributed by atoms with van der Waals surface area (Å²) < 4.78 is 43.6. The fourth-order valence-corrected chi connectivity index (χ4v) is 2.49. The van der Waals surface area contributed by atoms with Gasteiger partial charge in [0, 0.05) is 45.0 Å². The summed E-state index contributed by atoms with van der Waals surface area (Å²) in [6.07, 6.45) is -4.29. The second-order valence-corrected chi connectivity index (χ2v) is 5.28. The summed E-state index contributed by atoms with van der Waals surface area (Å²) in [7, 11) is 0. The van der Waals surface area contributed by atoms with Gasteiger partial charge in [-0.3, -0.25) is 4.90 Å². The van der Waals surface area contributed by atoms with Crippen LogP contribution in [0.3, 0.4) is 0 Å². The molecule has 2 N–H and O–H groups in total. The highest BCUT2D eigenvalue weighted by atomic mass is 35.5. The van der Waals surface area contributed by atoms with Gasteiger partial charge in [-0.25, -0.2) is 0 Å². The first-order chi connectivity index (χ1) is 10.5. The maximum atomic E-state index is 12.7. The van der Waals surface area contributed by atoms with Crippen LogP contribution in [0.4, 0.5) is 18.9 Å². The van der Waals surface area contributed by atoms with Gasteiger partial charge in [-0.15, -0.1) is 24.8 Å². The third kappa shape index (κ3) is 7.03. The second-order valence-electron chi connectivity index (χ2n) is 5.28. The summed E-state index contributed by atoms with van der Waals surface area (Å²) in [5, 5.41) is 0. The number of ether oxygens (including phenoxy) is 1. The minimum atomic E-state index is -4.29. The third-order valence-corrected chi connectivity index (χ3v) is 3.72. The van der Waals surface area contributed by atoms with Crippen LogP contribution in [0.15, 0.2) is 24.3 Å². The lowest BCUT2D eigenvalue weighted by molar-refractivity contribution is -0.137. The van der Waals surface area contributed by atoms with E-state index in [1.165, 1.54) is 12.1 Å². The molecule has 1 saturated heterocycles. The number of halogens is 5. The Morgan fingerprint density at radius 3 is 2.29 bits per heavy atom. The number of anilines is 1. The van der Waals surface area contributed by atoms with Crippen LogP contribution >= 0.6 is 24.8 Å². The van der Waals surface area contributed by atoms with E-state index in [0.717, 1.165) is 38.8 Å². The highest BCUT2D eigenvalue weighted by Gasteiger charge is 2.31. The second kappa shape index (κ2) is 11.0. The summed E-state index contributed by atoms with van der Waals surface area (Å²) in [6, 6.07) is 5.52. The fourth-order valence-electron chi connectivity index (χ4n) is 2.49. The molecule has 24 heavy (non-hydrogen) atoms. The predicted octanol–water partition coefficient (Wildman–Crippen LogP) is 2.65. The van der Waals surface area contributed by atoms with Crippen molar-refractivity contribution < 1.29 is 17.9 Å². The lowest BCUT2D eigenvalue weighted by Crippen LogP contribution is -2.47. The van der Waals surface area contributed by atoms with Crippen molar-refractivity contribution in [2.75, 3.05) is 57.4 Å². The zero-order valence-electron chi connectivity index (χ0n) is 13.3. The van der Waals surface area contributed by atoms with E-state index in [1.807, 2.05) is 4.90 Å². The molecule has 0 radical (unpaired) electrons. The molecule has 1 aliphatic rings. The Bertz CT molecular complexity index is 470. The quantitative estimate of drug-likeness (QED) is 0.759. The molecular formula is C15H24Cl2F3N3O. The molecule has 0 atom stereocenters. The van der Waals surface area contributed by atoms with Crippen LogP contribution in [0.1, 0.15) is 5.56 Å². The molecule has 1 aromatic rings. The van der Waals surface area contributed by atoms with Crippen molar-refractivity contribution in [2.45, 2.75) is 6.18 Å². The largest absolute Gasteiger partial charge is 0.416 e. The standard InChI is InChI=1S/C15H22F3N3O.2ClH/c16-15(17,18)13-2-1-3-14(12-13)21-7-5-20(6-8-21)9-11-22-10-4-19;;/h1-3,12H,4-11,19H2;2*1H. The number of nitrogens with two attached hydrogens (primary N) is 1. The lowest BCUT2D eigenvalue weighted by atomic mass is 10.1. The van der Waals surface area contributed by atoms with Crippen LogP contribution in [-0.4, -0.2) is 57.4 Å². The Morgan fingerprint density at radius 2 is 1.71 bits per heavy atom. The van der Waals surface area contributed by atoms with Crippen LogP contribution in [0.5, 0.6) is 0 Å². The molecule has 0 aliphatic carbocycles. The molecular weight excluding hydrogens is 366 g/mol. The summed E-state index contributed by atoms with van der Waals surface area (Å²) in [6.45, 7) is 5.63. The third-order valence-electron chi connectivity index (χ3n) is 3.72. The number of piperazine rings is 1. The fraction of sp³-hybridized carbons (Fsp3) is 0.600. The van der Waals surface area contributed by atoms with E-state index in [9.17, 15) is 13.2 Å². The monoisotopic (exact) mass is 389 g/mol. The minimum absolute atomic E-state index is 0. The molecule has 4 nitrogen and oxygen atoms in total. The Morgan fingerprint density at radius 1 is 1.04 bits per heavy atom.